The predicted molar refractivity (Wildman–Crippen MR) is 147 cm³/mol. The van der Waals surface area contributed by atoms with Crippen LogP contribution in [0.1, 0.15) is 108 Å². The van der Waals surface area contributed by atoms with E-state index in [0.717, 1.165) is 64.7 Å². The van der Waals surface area contributed by atoms with Gasteiger partial charge in [-0.25, -0.2) is 9.98 Å². The van der Waals surface area contributed by atoms with Crippen molar-refractivity contribution >= 4 is 11.7 Å². The lowest BCUT2D eigenvalue weighted by Crippen LogP contribution is -2.39. The Kier molecular flexibility index (Phi) is 10.6. The first-order chi connectivity index (χ1) is 15.9. The second-order valence-corrected chi connectivity index (χ2v) is 12.5. The number of azo groups is 1. The molecule has 0 N–H and O–H groups in total. The van der Waals surface area contributed by atoms with Crippen molar-refractivity contribution in [3.8, 4) is 0 Å². The van der Waals surface area contributed by atoms with E-state index in [1.54, 1.807) is 0 Å². The summed E-state index contributed by atoms with van der Waals surface area (Å²) in [6.07, 6.45) is 6.12. The molecule has 0 spiro atoms. The van der Waals surface area contributed by atoms with Gasteiger partial charge in [0.25, 0.3) is 0 Å². The molecule has 2 unspecified atom stereocenters. The molecule has 34 heavy (non-hydrogen) atoms. The molecule has 2 atom stereocenters. The van der Waals surface area contributed by atoms with Gasteiger partial charge >= 0.3 is 0 Å². The number of rotatable bonds is 14. The summed E-state index contributed by atoms with van der Waals surface area (Å²) in [5.74, 6) is 4.61. The fourth-order valence-electron chi connectivity index (χ4n) is 5.43. The zero-order valence-electron chi connectivity index (χ0n) is 24.1. The van der Waals surface area contributed by atoms with Crippen molar-refractivity contribution in [2.24, 2.45) is 43.9 Å². The van der Waals surface area contributed by atoms with Gasteiger partial charge in [0.15, 0.2) is 11.3 Å². The average molecular weight is 475 g/mol. The average Bonchev–Trinajstić information content (AvgIpc) is 3.18. The number of amidine groups is 2. The van der Waals surface area contributed by atoms with Crippen LogP contribution in [-0.4, -0.2) is 59.0 Å². The van der Waals surface area contributed by atoms with Crippen LogP contribution in [0.15, 0.2) is 20.2 Å². The molecule has 2 aliphatic heterocycles. The predicted octanol–water partition coefficient (Wildman–Crippen LogP) is 7.26. The molecular formula is C28H54N6. The Labute approximate surface area is 210 Å². The Balaban J connectivity index is 2.47. The van der Waals surface area contributed by atoms with Crippen LogP contribution in [0.2, 0.25) is 0 Å². The molecule has 0 amide bonds. The topological polar surface area (TPSA) is 55.9 Å². The molecule has 0 aromatic carbocycles. The molecule has 2 heterocycles. The van der Waals surface area contributed by atoms with Crippen LogP contribution in [-0.2, 0) is 0 Å². The second-order valence-electron chi connectivity index (χ2n) is 12.5. The number of hydrogen-bond donors (Lipinski definition) is 0. The minimum Gasteiger partial charge on any atom is -0.356 e. The van der Waals surface area contributed by atoms with E-state index in [-0.39, 0.29) is 0 Å². The lowest BCUT2D eigenvalue weighted by Gasteiger charge is -2.29. The van der Waals surface area contributed by atoms with Crippen molar-refractivity contribution in [3.63, 3.8) is 0 Å². The third-order valence-electron chi connectivity index (χ3n) is 6.35. The SMILES string of the molecule is CCCN1CC(CC(C)C)(/N=N/C2(CC(C)C)CN(CCC)C(CC(C)C)=N2)N=C1CC(C)C. The van der Waals surface area contributed by atoms with Gasteiger partial charge in [0, 0.05) is 25.9 Å². The molecular weight excluding hydrogens is 420 g/mol. The smallest absolute Gasteiger partial charge is 0.190 e. The van der Waals surface area contributed by atoms with Crippen molar-refractivity contribution in [2.75, 3.05) is 26.2 Å². The summed E-state index contributed by atoms with van der Waals surface area (Å²) in [5.41, 5.74) is -0.965. The molecule has 0 radical (unpaired) electrons. The van der Waals surface area contributed by atoms with E-state index >= 15 is 0 Å². The summed E-state index contributed by atoms with van der Waals surface area (Å²) in [5, 5.41) is 10.3. The number of hydrogen-bond acceptors (Lipinski definition) is 6. The van der Waals surface area contributed by atoms with Gasteiger partial charge in [0.2, 0.25) is 0 Å². The zero-order chi connectivity index (χ0) is 25.5. The van der Waals surface area contributed by atoms with Crippen LogP contribution in [0, 0.1) is 23.7 Å². The fraction of sp³-hybridized carbons (Fsp3) is 0.929. The second kappa shape index (κ2) is 12.5. The molecule has 0 saturated carbocycles. The van der Waals surface area contributed by atoms with Crippen molar-refractivity contribution in [1.82, 2.24) is 9.80 Å². The third kappa shape index (κ3) is 8.05. The van der Waals surface area contributed by atoms with Gasteiger partial charge in [-0.2, -0.15) is 10.2 Å². The molecule has 6 nitrogen and oxygen atoms in total. The van der Waals surface area contributed by atoms with Crippen molar-refractivity contribution in [2.45, 2.75) is 119 Å². The maximum Gasteiger partial charge on any atom is 0.190 e. The Morgan fingerprint density at radius 2 is 1.00 bits per heavy atom. The van der Waals surface area contributed by atoms with Crippen LogP contribution in [0.5, 0.6) is 0 Å². The molecule has 196 valence electrons. The summed E-state index contributed by atoms with van der Waals surface area (Å²) >= 11 is 0. The monoisotopic (exact) mass is 474 g/mol. The van der Waals surface area contributed by atoms with Crippen LogP contribution in [0.4, 0.5) is 0 Å². The normalized spacial score (nSPS) is 25.7. The number of aliphatic imine (C=N–C) groups is 2. The van der Waals surface area contributed by atoms with E-state index in [1.165, 1.54) is 11.7 Å². The maximum atomic E-state index is 5.31. The number of nitrogens with zero attached hydrogens (tertiary/aromatic N) is 6. The van der Waals surface area contributed by atoms with Crippen molar-refractivity contribution < 1.29 is 0 Å². The first-order valence-corrected chi connectivity index (χ1v) is 14.0. The van der Waals surface area contributed by atoms with Gasteiger partial charge in [0.1, 0.15) is 11.7 Å². The Morgan fingerprint density at radius 1 is 0.647 bits per heavy atom. The van der Waals surface area contributed by atoms with Crippen molar-refractivity contribution in [3.05, 3.63) is 0 Å². The standard InChI is InChI=1S/C28H54N6/c1-11-13-33-19-27(17-23(7)8,29-25(33)15-21(3)4)31-32-28(18-24(9)10)20-34(14-12-2)26(30-28)16-22(5)6/h21-24H,11-20H2,1-10H3/b32-31+. The van der Waals surface area contributed by atoms with Crippen LogP contribution < -0.4 is 0 Å². The van der Waals surface area contributed by atoms with E-state index in [1.807, 2.05) is 0 Å². The van der Waals surface area contributed by atoms with E-state index in [2.05, 4.69) is 79.0 Å². The highest BCUT2D eigenvalue weighted by molar-refractivity contribution is 5.85. The van der Waals surface area contributed by atoms with E-state index in [4.69, 9.17) is 20.2 Å². The molecule has 0 aliphatic carbocycles. The fourth-order valence-corrected chi connectivity index (χ4v) is 5.43. The highest BCUT2D eigenvalue weighted by atomic mass is 15.4. The lowest BCUT2D eigenvalue weighted by atomic mass is 9.97. The molecule has 6 heteroatoms. The molecule has 0 aromatic heterocycles. The molecule has 0 bridgehead atoms. The van der Waals surface area contributed by atoms with Crippen molar-refractivity contribution in [1.29, 1.82) is 0 Å². The highest BCUT2D eigenvalue weighted by Gasteiger charge is 2.44. The minimum atomic E-state index is -0.483. The molecule has 0 saturated heterocycles. The van der Waals surface area contributed by atoms with Gasteiger partial charge in [-0.3, -0.25) is 0 Å². The third-order valence-corrected chi connectivity index (χ3v) is 6.35. The first-order valence-electron chi connectivity index (χ1n) is 14.0. The van der Waals surface area contributed by atoms with Crippen LogP contribution in [0.25, 0.3) is 0 Å². The first kappa shape index (κ1) is 28.8. The minimum absolute atomic E-state index is 0.483. The quantitative estimate of drug-likeness (QED) is 0.249. The van der Waals surface area contributed by atoms with E-state index in [0.29, 0.717) is 23.7 Å². The molecule has 0 fully saturated rings. The van der Waals surface area contributed by atoms with Gasteiger partial charge in [-0.05, 0) is 49.4 Å². The molecule has 2 aliphatic rings. The van der Waals surface area contributed by atoms with Gasteiger partial charge in [-0.15, -0.1) is 0 Å². The zero-order valence-corrected chi connectivity index (χ0v) is 24.1. The summed E-state index contributed by atoms with van der Waals surface area (Å²) in [6.45, 7) is 26.5. The molecule has 0 aromatic rings. The van der Waals surface area contributed by atoms with Gasteiger partial charge < -0.3 is 9.80 Å². The summed E-state index contributed by atoms with van der Waals surface area (Å²) in [6, 6.07) is 0. The highest BCUT2D eigenvalue weighted by Crippen LogP contribution is 2.37. The van der Waals surface area contributed by atoms with E-state index in [9.17, 15) is 0 Å². The van der Waals surface area contributed by atoms with Crippen LogP contribution >= 0.6 is 0 Å². The van der Waals surface area contributed by atoms with Gasteiger partial charge in [-0.1, -0.05) is 69.2 Å². The Morgan fingerprint density at radius 3 is 1.26 bits per heavy atom. The summed E-state index contributed by atoms with van der Waals surface area (Å²) < 4.78 is 0. The van der Waals surface area contributed by atoms with Crippen LogP contribution in [0.3, 0.4) is 0 Å². The lowest BCUT2D eigenvalue weighted by molar-refractivity contribution is 0.252. The largest absolute Gasteiger partial charge is 0.356 e. The summed E-state index contributed by atoms with van der Waals surface area (Å²) in [4.78, 5) is 15.6. The maximum absolute atomic E-state index is 5.31. The summed E-state index contributed by atoms with van der Waals surface area (Å²) in [7, 11) is 0. The molecule has 2 rings (SSSR count). The Hall–Kier alpha value is -1.46. The Bertz CT molecular complexity index is 662. The van der Waals surface area contributed by atoms with E-state index < -0.39 is 11.3 Å². The van der Waals surface area contributed by atoms with Gasteiger partial charge in [0.05, 0.1) is 13.1 Å².